The molecule has 1 fully saturated rings. The third-order valence-corrected chi connectivity index (χ3v) is 2.53. The van der Waals surface area contributed by atoms with Crippen molar-refractivity contribution in [2.75, 3.05) is 18.5 Å². The second kappa shape index (κ2) is 4.62. The number of nitrogens with one attached hydrogen (secondary N) is 1. The molecule has 1 N–H and O–H groups in total. The molecule has 14 heavy (non-hydrogen) atoms. The van der Waals surface area contributed by atoms with Gasteiger partial charge >= 0.3 is 0 Å². The average Bonchev–Trinajstić information content (AvgIpc) is 2.19. The van der Waals surface area contributed by atoms with Gasteiger partial charge in [0.15, 0.2) is 0 Å². The van der Waals surface area contributed by atoms with E-state index in [-0.39, 0.29) is 0 Å². The number of ether oxygens (including phenoxy) is 1. The van der Waals surface area contributed by atoms with Crippen molar-refractivity contribution in [3.05, 3.63) is 23.5 Å². The highest BCUT2D eigenvalue weighted by atomic mass is 35.5. The Bertz CT molecular complexity index is 300. The fourth-order valence-corrected chi connectivity index (χ4v) is 1.74. The lowest BCUT2D eigenvalue weighted by Gasteiger charge is -2.24. The fourth-order valence-electron chi connectivity index (χ4n) is 1.57. The molecule has 3 nitrogen and oxygen atoms in total. The summed E-state index contributed by atoms with van der Waals surface area (Å²) in [7, 11) is 0. The topological polar surface area (TPSA) is 34.1 Å². The van der Waals surface area contributed by atoms with Crippen LogP contribution < -0.4 is 5.32 Å². The zero-order chi connectivity index (χ0) is 9.80. The molecule has 1 aromatic heterocycles. The first-order valence-corrected chi connectivity index (χ1v) is 5.18. The van der Waals surface area contributed by atoms with Gasteiger partial charge in [-0.25, -0.2) is 4.98 Å². The molecule has 4 heteroatoms. The first-order chi connectivity index (χ1) is 6.84. The lowest BCUT2D eigenvalue weighted by Crippen LogP contribution is -2.27. The summed E-state index contributed by atoms with van der Waals surface area (Å²) in [5.41, 5.74) is 1.04. The van der Waals surface area contributed by atoms with E-state index < -0.39 is 0 Å². The van der Waals surface area contributed by atoms with Crippen molar-refractivity contribution in [1.82, 2.24) is 4.98 Å². The molecule has 1 saturated heterocycles. The van der Waals surface area contributed by atoms with Crippen LogP contribution in [0.1, 0.15) is 12.8 Å². The molecule has 1 aromatic rings. The van der Waals surface area contributed by atoms with Crippen LogP contribution in [-0.4, -0.2) is 24.2 Å². The van der Waals surface area contributed by atoms with Gasteiger partial charge in [-0.3, -0.25) is 0 Å². The zero-order valence-corrected chi connectivity index (χ0v) is 8.63. The van der Waals surface area contributed by atoms with Crippen LogP contribution in [0.3, 0.4) is 0 Å². The maximum Gasteiger partial charge on any atom is 0.131 e. The number of rotatable bonds is 2. The van der Waals surface area contributed by atoms with Crippen LogP contribution in [0.4, 0.5) is 5.69 Å². The summed E-state index contributed by atoms with van der Waals surface area (Å²) >= 11 is 5.79. The van der Waals surface area contributed by atoms with Gasteiger partial charge in [0.05, 0.1) is 0 Å². The van der Waals surface area contributed by atoms with E-state index in [1.165, 1.54) is 0 Å². The van der Waals surface area contributed by atoms with Crippen LogP contribution in [0.25, 0.3) is 0 Å². The van der Waals surface area contributed by atoms with E-state index in [2.05, 4.69) is 10.3 Å². The monoisotopic (exact) mass is 212 g/mol. The van der Waals surface area contributed by atoms with Gasteiger partial charge in [0.25, 0.3) is 0 Å². The summed E-state index contributed by atoms with van der Waals surface area (Å²) in [6.07, 6.45) is 3.82. The van der Waals surface area contributed by atoms with Gasteiger partial charge < -0.3 is 10.1 Å². The Morgan fingerprint density at radius 3 is 2.93 bits per heavy atom. The zero-order valence-electron chi connectivity index (χ0n) is 7.87. The number of pyridine rings is 1. The van der Waals surface area contributed by atoms with Crippen LogP contribution in [0.15, 0.2) is 18.3 Å². The molecule has 1 aliphatic rings. The smallest absolute Gasteiger partial charge is 0.131 e. The van der Waals surface area contributed by atoms with Crippen molar-refractivity contribution in [2.45, 2.75) is 18.9 Å². The SMILES string of the molecule is Clc1cc(NC2CCOCC2)ccn1. The number of hydrogen-bond donors (Lipinski definition) is 1. The van der Waals surface area contributed by atoms with Gasteiger partial charge in [0.1, 0.15) is 5.15 Å². The van der Waals surface area contributed by atoms with Gasteiger partial charge in [0.2, 0.25) is 0 Å². The Kier molecular flexibility index (Phi) is 3.22. The highest BCUT2D eigenvalue weighted by molar-refractivity contribution is 6.29. The molecule has 0 atom stereocenters. The summed E-state index contributed by atoms with van der Waals surface area (Å²) in [5.74, 6) is 0. The number of aromatic nitrogens is 1. The summed E-state index contributed by atoms with van der Waals surface area (Å²) < 4.78 is 5.28. The molecule has 0 unspecified atom stereocenters. The average molecular weight is 213 g/mol. The third kappa shape index (κ3) is 2.59. The molecule has 0 aromatic carbocycles. The lowest BCUT2D eigenvalue weighted by molar-refractivity contribution is 0.0904. The number of halogens is 1. The molecule has 2 rings (SSSR count). The summed E-state index contributed by atoms with van der Waals surface area (Å²) in [5, 5.41) is 3.95. The van der Waals surface area contributed by atoms with Crippen molar-refractivity contribution in [1.29, 1.82) is 0 Å². The van der Waals surface area contributed by atoms with Crippen molar-refractivity contribution in [2.24, 2.45) is 0 Å². The molecular formula is C10H13ClN2O. The third-order valence-electron chi connectivity index (χ3n) is 2.32. The number of anilines is 1. The van der Waals surface area contributed by atoms with Gasteiger partial charge in [-0.05, 0) is 25.0 Å². The van der Waals surface area contributed by atoms with Crippen molar-refractivity contribution in [3.63, 3.8) is 0 Å². The normalized spacial score (nSPS) is 18.1. The molecule has 0 aliphatic carbocycles. The number of nitrogens with zero attached hydrogens (tertiary/aromatic N) is 1. The minimum Gasteiger partial charge on any atom is -0.382 e. The largest absolute Gasteiger partial charge is 0.382 e. The van der Waals surface area contributed by atoms with E-state index in [4.69, 9.17) is 16.3 Å². The van der Waals surface area contributed by atoms with Crippen LogP contribution in [0.2, 0.25) is 5.15 Å². The summed E-state index contributed by atoms with van der Waals surface area (Å²) in [6, 6.07) is 4.28. The second-order valence-electron chi connectivity index (χ2n) is 3.40. The van der Waals surface area contributed by atoms with E-state index in [0.29, 0.717) is 11.2 Å². The van der Waals surface area contributed by atoms with E-state index in [0.717, 1.165) is 31.7 Å². The molecular weight excluding hydrogens is 200 g/mol. The first kappa shape index (κ1) is 9.74. The maximum absolute atomic E-state index is 5.79. The molecule has 1 aliphatic heterocycles. The highest BCUT2D eigenvalue weighted by Crippen LogP contribution is 2.16. The Hall–Kier alpha value is -0.800. The standard InChI is InChI=1S/C10H13ClN2O/c11-10-7-9(1-4-12-10)13-8-2-5-14-6-3-8/h1,4,7-8H,2-3,5-6H2,(H,12,13). The van der Waals surface area contributed by atoms with E-state index >= 15 is 0 Å². The van der Waals surface area contributed by atoms with Crippen LogP contribution in [0, 0.1) is 0 Å². The molecule has 76 valence electrons. The Labute approximate surface area is 88.4 Å². The molecule has 0 bridgehead atoms. The lowest BCUT2D eigenvalue weighted by atomic mass is 10.1. The predicted octanol–water partition coefficient (Wildman–Crippen LogP) is 2.33. The molecule has 0 saturated carbocycles. The van der Waals surface area contributed by atoms with Crippen LogP contribution in [-0.2, 0) is 4.74 Å². The van der Waals surface area contributed by atoms with Crippen LogP contribution in [0.5, 0.6) is 0 Å². The van der Waals surface area contributed by atoms with Crippen molar-refractivity contribution in [3.8, 4) is 0 Å². The van der Waals surface area contributed by atoms with Gasteiger partial charge in [-0.2, -0.15) is 0 Å². The van der Waals surface area contributed by atoms with Crippen molar-refractivity contribution < 1.29 is 4.74 Å². The van der Waals surface area contributed by atoms with E-state index in [1.807, 2.05) is 12.1 Å². The van der Waals surface area contributed by atoms with Crippen LogP contribution >= 0.6 is 11.6 Å². The Balaban J connectivity index is 1.95. The minimum atomic E-state index is 0.502. The molecule has 2 heterocycles. The Morgan fingerprint density at radius 1 is 1.43 bits per heavy atom. The summed E-state index contributed by atoms with van der Waals surface area (Å²) in [6.45, 7) is 1.69. The molecule has 0 radical (unpaired) electrons. The second-order valence-corrected chi connectivity index (χ2v) is 3.79. The predicted molar refractivity (Wildman–Crippen MR) is 56.7 cm³/mol. The Morgan fingerprint density at radius 2 is 2.21 bits per heavy atom. The fraction of sp³-hybridized carbons (Fsp3) is 0.500. The molecule has 0 spiro atoms. The number of hydrogen-bond acceptors (Lipinski definition) is 3. The maximum atomic E-state index is 5.79. The molecule has 0 amide bonds. The van der Waals surface area contributed by atoms with Gasteiger partial charge in [0, 0.05) is 31.1 Å². The van der Waals surface area contributed by atoms with Crippen molar-refractivity contribution >= 4 is 17.3 Å². The van der Waals surface area contributed by atoms with E-state index in [9.17, 15) is 0 Å². The minimum absolute atomic E-state index is 0.502. The van der Waals surface area contributed by atoms with E-state index in [1.54, 1.807) is 6.20 Å². The highest BCUT2D eigenvalue weighted by Gasteiger charge is 2.12. The first-order valence-electron chi connectivity index (χ1n) is 4.80. The van der Waals surface area contributed by atoms with Gasteiger partial charge in [-0.15, -0.1) is 0 Å². The quantitative estimate of drug-likeness (QED) is 0.765. The van der Waals surface area contributed by atoms with Gasteiger partial charge in [-0.1, -0.05) is 11.6 Å². The summed E-state index contributed by atoms with van der Waals surface area (Å²) in [4.78, 5) is 3.93.